The highest BCUT2D eigenvalue weighted by atomic mass is 16.3. The van der Waals surface area contributed by atoms with Crippen LogP contribution in [0, 0.1) is 0 Å². The minimum absolute atomic E-state index is 0.878. The molecule has 0 N–H and O–H groups in total. The number of hydrogen-bond donors (Lipinski definition) is 0. The van der Waals surface area contributed by atoms with Crippen molar-refractivity contribution in [3.63, 3.8) is 0 Å². The second-order valence-electron chi connectivity index (χ2n) is 13.2. The molecule has 7 aromatic carbocycles. The number of nitrogens with zero attached hydrogens (tertiary/aromatic N) is 1. The number of hydrogen-bond acceptors (Lipinski definition) is 3. The molecule has 0 radical (unpaired) electrons. The Labute approximate surface area is 296 Å². The van der Waals surface area contributed by atoms with Gasteiger partial charge < -0.3 is 13.7 Å². The van der Waals surface area contributed by atoms with Gasteiger partial charge >= 0.3 is 0 Å². The Balaban J connectivity index is 1.20. The first-order valence-corrected chi connectivity index (χ1v) is 17.6. The van der Waals surface area contributed by atoms with Crippen LogP contribution in [-0.4, -0.2) is 0 Å². The van der Waals surface area contributed by atoms with E-state index in [1.165, 1.54) is 27.6 Å². The number of anilines is 3. The van der Waals surface area contributed by atoms with Crippen molar-refractivity contribution in [1.82, 2.24) is 0 Å². The molecule has 9 aromatic rings. The van der Waals surface area contributed by atoms with E-state index in [2.05, 4.69) is 169 Å². The Bertz CT molecular complexity index is 2750. The molecule has 0 spiro atoms. The van der Waals surface area contributed by atoms with Crippen molar-refractivity contribution >= 4 is 56.0 Å². The molecule has 0 fully saturated rings. The standard InChI is InChI=1S/C48H33NO2/c1-3-12-32(13-4-1)34-16-11-17-35(28-34)36-22-25-44(41(29-36)33-14-5-2-6-15-33)49(37-23-26-47-42(30-37)39-18-7-9-20-45(39)50-47)38-24-27-48-43(31-38)40-19-8-10-21-46(40)51-48/h1-7,9-18,20-31H,8,19H2. The second-order valence-corrected chi connectivity index (χ2v) is 13.2. The second kappa shape index (κ2) is 12.1. The van der Waals surface area contributed by atoms with Gasteiger partial charge in [0.1, 0.15) is 22.5 Å². The van der Waals surface area contributed by atoms with Crippen molar-refractivity contribution in [3.05, 3.63) is 181 Å². The van der Waals surface area contributed by atoms with Crippen LogP contribution >= 0.6 is 0 Å². The molecule has 3 heteroatoms. The van der Waals surface area contributed by atoms with E-state index < -0.39 is 0 Å². The van der Waals surface area contributed by atoms with Gasteiger partial charge in [-0.1, -0.05) is 109 Å². The Hall–Kier alpha value is -6.58. The van der Waals surface area contributed by atoms with Crippen molar-refractivity contribution in [2.45, 2.75) is 12.8 Å². The molecule has 1 aliphatic carbocycles. The van der Waals surface area contributed by atoms with Gasteiger partial charge in [0.2, 0.25) is 0 Å². The summed E-state index contributed by atoms with van der Waals surface area (Å²) >= 11 is 0. The molecule has 242 valence electrons. The van der Waals surface area contributed by atoms with Crippen molar-refractivity contribution in [3.8, 4) is 33.4 Å². The summed E-state index contributed by atoms with van der Waals surface area (Å²) in [5.74, 6) is 0.971. The molecule has 3 nitrogen and oxygen atoms in total. The SMILES string of the molecule is C1=Cc2oc3ccc(N(c4ccc5oc6ccccc6c5c4)c4ccc(-c5cccc(-c6ccccc6)c5)cc4-c4ccccc4)cc3c2CC1. The Morgan fingerprint density at radius 2 is 1.06 bits per heavy atom. The summed E-state index contributed by atoms with van der Waals surface area (Å²) in [6.45, 7) is 0. The molecule has 0 saturated heterocycles. The molecular formula is C48H33NO2. The van der Waals surface area contributed by atoms with E-state index in [1.807, 2.05) is 12.1 Å². The first-order chi connectivity index (χ1) is 25.3. The first kappa shape index (κ1) is 29.3. The van der Waals surface area contributed by atoms with Crippen molar-refractivity contribution in [1.29, 1.82) is 0 Å². The maximum Gasteiger partial charge on any atom is 0.135 e. The molecule has 0 bridgehead atoms. The Morgan fingerprint density at radius 3 is 1.86 bits per heavy atom. The number of para-hydroxylation sites is 1. The molecule has 0 amide bonds. The third-order valence-corrected chi connectivity index (χ3v) is 10.1. The monoisotopic (exact) mass is 655 g/mol. The molecule has 0 aliphatic heterocycles. The van der Waals surface area contributed by atoms with Crippen LogP contribution < -0.4 is 4.90 Å². The number of aryl methyl sites for hydroxylation is 1. The summed E-state index contributed by atoms with van der Waals surface area (Å²) in [5, 5.41) is 3.37. The predicted octanol–water partition coefficient (Wildman–Crippen LogP) is 13.8. The van der Waals surface area contributed by atoms with E-state index in [4.69, 9.17) is 8.83 Å². The highest BCUT2D eigenvalue weighted by molar-refractivity contribution is 6.07. The summed E-state index contributed by atoms with van der Waals surface area (Å²) < 4.78 is 12.6. The Morgan fingerprint density at radius 1 is 0.431 bits per heavy atom. The molecule has 0 saturated carbocycles. The number of allylic oxidation sites excluding steroid dienone is 1. The average Bonchev–Trinajstić information content (AvgIpc) is 3.77. The number of furan rings is 2. The highest BCUT2D eigenvalue weighted by Crippen LogP contribution is 2.46. The molecule has 2 heterocycles. The van der Waals surface area contributed by atoms with Crippen molar-refractivity contribution in [2.24, 2.45) is 0 Å². The molecule has 2 aromatic heterocycles. The van der Waals surface area contributed by atoms with Gasteiger partial charge in [-0.15, -0.1) is 0 Å². The van der Waals surface area contributed by atoms with Gasteiger partial charge in [0, 0.05) is 38.7 Å². The maximum atomic E-state index is 6.31. The van der Waals surface area contributed by atoms with Gasteiger partial charge in [0.15, 0.2) is 0 Å². The summed E-state index contributed by atoms with van der Waals surface area (Å²) in [4.78, 5) is 2.39. The lowest BCUT2D eigenvalue weighted by Crippen LogP contribution is -2.11. The number of fused-ring (bicyclic) bond motifs is 6. The lowest BCUT2D eigenvalue weighted by molar-refractivity contribution is 0.595. The van der Waals surface area contributed by atoms with Gasteiger partial charge in [-0.25, -0.2) is 0 Å². The molecular weight excluding hydrogens is 623 g/mol. The van der Waals surface area contributed by atoms with Crippen molar-refractivity contribution < 1.29 is 8.83 Å². The van der Waals surface area contributed by atoms with Crippen LogP contribution in [0.3, 0.4) is 0 Å². The largest absolute Gasteiger partial charge is 0.456 e. The summed E-state index contributed by atoms with van der Waals surface area (Å²) in [7, 11) is 0. The summed E-state index contributed by atoms with van der Waals surface area (Å²) in [5.41, 5.74) is 14.2. The van der Waals surface area contributed by atoms with Gasteiger partial charge in [-0.2, -0.15) is 0 Å². The molecule has 0 unspecified atom stereocenters. The molecule has 0 atom stereocenters. The zero-order valence-electron chi connectivity index (χ0n) is 27.9. The minimum atomic E-state index is 0.878. The average molecular weight is 656 g/mol. The van der Waals surface area contributed by atoms with Gasteiger partial charge in [-0.3, -0.25) is 0 Å². The summed E-state index contributed by atoms with van der Waals surface area (Å²) in [6.07, 6.45) is 6.31. The number of rotatable bonds is 6. The van der Waals surface area contributed by atoms with Crippen molar-refractivity contribution in [2.75, 3.05) is 4.90 Å². The smallest absolute Gasteiger partial charge is 0.135 e. The van der Waals surface area contributed by atoms with Crippen LogP contribution in [-0.2, 0) is 6.42 Å². The summed E-state index contributed by atoms with van der Waals surface area (Å²) in [6, 6.07) is 58.5. The van der Waals surface area contributed by atoms with Gasteiger partial charge in [0.05, 0.1) is 5.69 Å². The minimum Gasteiger partial charge on any atom is -0.456 e. The van der Waals surface area contributed by atoms with E-state index in [1.54, 1.807) is 0 Å². The zero-order chi connectivity index (χ0) is 33.7. The number of benzene rings is 7. The van der Waals surface area contributed by atoms with E-state index in [9.17, 15) is 0 Å². The lowest BCUT2D eigenvalue weighted by Gasteiger charge is -2.28. The molecule has 1 aliphatic rings. The van der Waals surface area contributed by atoms with Crippen LogP contribution in [0.2, 0.25) is 0 Å². The van der Waals surface area contributed by atoms with E-state index in [0.29, 0.717) is 0 Å². The fourth-order valence-corrected chi connectivity index (χ4v) is 7.65. The van der Waals surface area contributed by atoms with Gasteiger partial charge in [-0.05, 0) is 107 Å². The van der Waals surface area contributed by atoms with Crippen LogP contribution in [0.4, 0.5) is 17.1 Å². The van der Waals surface area contributed by atoms with E-state index in [-0.39, 0.29) is 0 Å². The third kappa shape index (κ3) is 5.14. The van der Waals surface area contributed by atoms with E-state index in [0.717, 1.165) is 79.9 Å². The fourth-order valence-electron chi connectivity index (χ4n) is 7.65. The highest BCUT2D eigenvalue weighted by Gasteiger charge is 2.22. The molecule has 51 heavy (non-hydrogen) atoms. The van der Waals surface area contributed by atoms with Gasteiger partial charge in [0.25, 0.3) is 0 Å². The van der Waals surface area contributed by atoms with Crippen LogP contribution in [0.5, 0.6) is 0 Å². The lowest BCUT2D eigenvalue weighted by atomic mass is 9.94. The normalized spacial score (nSPS) is 12.5. The van der Waals surface area contributed by atoms with Crippen LogP contribution in [0.1, 0.15) is 17.7 Å². The zero-order valence-corrected chi connectivity index (χ0v) is 27.9. The predicted molar refractivity (Wildman–Crippen MR) is 212 cm³/mol. The maximum absolute atomic E-state index is 6.31. The topological polar surface area (TPSA) is 29.5 Å². The fraction of sp³-hybridized carbons (Fsp3) is 0.0417. The third-order valence-electron chi connectivity index (χ3n) is 10.1. The van der Waals surface area contributed by atoms with Crippen LogP contribution in [0.15, 0.2) is 179 Å². The first-order valence-electron chi connectivity index (χ1n) is 17.6. The van der Waals surface area contributed by atoms with Crippen LogP contribution in [0.25, 0.3) is 72.4 Å². The quantitative estimate of drug-likeness (QED) is 0.179. The van der Waals surface area contributed by atoms with E-state index >= 15 is 0 Å². The molecule has 10 rings (SSSR count). The Kier molecular flexibility index (Phi) is 6.95.